The molecule has 1 aromatic carbocycles. The third-order valence-electron chi connectivity index (χ3n) is 3.42. The largest absolute Gasteiger partial charge is 0.487 e. The molecule has 1 fully saturated rings. The Hall–Kier alpha value is -1.55. The van der Waals surface area contributed by atoms with Crippen LogP contribution in [0.5, 0.6) is 5.75 Å². The van der Waals surface area contributed by atoms with Crippen LogP contribution in [0.4, 0.5) is 0 Å². The van der Waals surface area contributed by atoms with Crippen molar-refractivity contribution in [2.75, 3.05) is 13.1 Å². The minimum atomic E-state index is -0.0427. The fraction of sp³-hybridized carbons (Fsp3) is 0.462. The second-order valence-electron chi connectivity index (χ2n) is 4.88. The summed E-state index contributed by atoms with van der Waals surface area (Å²) in [6.45, 7) is 4.25. The molecule has 4 nitrogen and oxygen atoms in total. The summed E-state index contributed by atoms with van der Waals surface area (Å²) >= 11 is 0. The van der Waals surface area contributed by atoms with Gasteiger partial charge in [0.1, 0.15) is 11.4 Å². The van der Waals surface area contributed by atoms with Crippen LogP contribution in [-0.2, 0) is 0 Å². The molecule has 0 aliphatic carbocycles. The Kier molecular flexibility index (Phi) is 2.52. The van der Waals surface area contributed by atoms with Gasteiger partial charge in [0.2, 0.25) is 0 Å². The summed E-state index contributed by atoms with van der Waals surface area (Å²) in [5, 5.41) is 3.36. The fourth-order valence-corrected chi connectivity index (χ4v) is 2.32. The molecule has 0 atom stereocenters. The first-order valence-corrected chi connectivity index (χ1v) is 6.08. The van der Waals surface area contributed by atoms with Gasteiger partial charge >= 0.3 is 0 Å². The van der Waals surface area contributed by atoms with Crippen LogP contribution in [0.15, 0.2) is 24.5 Å². The Morgan fingerprint density at radius 3 is 2.94 bits per heavy atom. The van der Waals surface area contributed by atoms with Crippen molar-refractivity contribution in [3.63, 3.8) is 0 Å². The van der Waals surface area contributed by atoms with Crippen molar-refractivity contribution in [3.05, 3.63) is 24.5 Å². The van der Waals surface area contributed by atoms with Gasteiger partial charge in [-0.1, -0.05) is 0 Å². The molecular formula is C13H17N3O. The number of aromatic nitrogens is 2. The van der Waals surface area contributed by atoms with Crippen molar-refractivity contribution in [1.29, 1.82) is 0 Å². The maximum atomic E-state index is 6.13. The Balaban J connectivity index is 1.83. The van der Waals surface area contributed by atoms with Gasteiger partial charge in [0.15, 0.2) is 0 Å². The van der Waals surface area contributed by atoms with Gasteiger partial charge in [-0.2, -0.15) is 0 Å². The summed E-state index contributed by atoms with van der Waals surface area (Å²) in [4.78, 5) is 7.31. The lowest BCUT2D eigenvalue weighted by Gasteiger charge is -2.34. The highest BCUT2D eigenvalue weighted by Gasteiger charge is 2.28. The number of piperidine rings is 1. The van der Waals surface area contributed by atoms with Crippen molar-refractivity contribution >= 4 is 11.0 Å². The summed E-state index contributed by atoms with van der Waals surface area (Å²) in [6, 6.07) is 6.01. The van der Waals surface area contributed by atoms with Crippen LogP contribution in [0.3, 0.4) is 0 Å². The molecule has 90 valence electrons. The van der Waals surface area contributed by atoms with E-state index < -0.39 is 0 Å². The van der Waals surface area contributed by atoms with Gasteiger partial charge in [0, 0.05) is 6.07 Å². The van der Waals surface area contributed by atoms with E-state index >= 15 is 0 Å². The van der Waals surface area contributed by atoms with E-state index in [9.17, 15) is 0 Å². The summed E-state index contributed by atoms with van der Waals surface area (Å²) in [5.41, 5.74) is 1.96. The van der Waals surface area contributed by atoms with E-state index in [0.717, 1.165) is 42.7 Å². The normalized spacial score (nSPS) is 19.4. The van der Waals surface area contributed by atoms with Gasteiger partial charge in [-0.05, 0) is 45.0 Å². The van der Waals surface area contributed by atoms with Gasteiger partial charge in [-0.15, -0.1) is 0 Å². The summed E-state index contributed by atoms with van der Waals surface area (Å²) in [7, 11) is 0. The van der Waals surface area contributed by atoms with E-state index in [0.29, 0.717) is 0 Å². The average Bonchev–Trinajstić information content (AvgIpc) is 2.76. The Morgan fingerprint density at radius 2 is 2.12 bits per heavy atom. The van der Waals surface area contributed by atoms with Crippen molar-refractivity contribution in [1.82, 2.24) is 15.3 Å². The highest BCUT2D eigenvalue weighted by atomic mass is 16.5. The third-order valence-corrected chi connectivity index (χ3v) is 3.42. The van der Waals surface area contributed by atoms with E-state index in [1.807, 2.05) is 18.2 Å². The molecule has 0 radical (unpaired) electrons. The zero-order valence-electron chi connectivity index (χ0n) is 9.99. The zero-order valence-corrected chi connectivity index (χ0v) is 9.99. The second kappa shape index (κ2) is 4.04. The molecule has 2 N–H and O–H groups in total. The number of fused-ring (bicyclic) bond motifs is 1. The van der Waals surface area contributed by atoms with Crippen molar-refractivity contribution in [3.8, 4) is 5.75 Å². The number of benzene rings is 1. The van der Waals surface area contributed by atoms with Crippen LogP contribution in [0.2, 0.25) is 0 Å². The number of imidazole rings is 1. The fourth-order valence-electron chi connectivity index (χ4n) is 2.32. The molecule has 0 unspecified atom stereocenters. The molecule has 0 bridgehead atoms. The van der Waals surface area contributed by atoms with Crippen molar-refractivity contribution in [2.45, 2.75) is 25.4 Å². The van der Waals surface area contributed by atoms with Crippen molar-refractivity contribution in [2.24, 2.45) is 0 Å². The quantitative estimate of drug-likeness (QED) is 0.832. The maximum Gasteiger partial charge on any atom is 0.122 e. The monoisotopic (exact) mass is 231 g/mol. The first-order valence-electron chi connectivity index (χ1n) is 6.08. The molecule has 1 aliphatic heterocycles. The second-order valence-corrected chi connectivity index (χ2v) is 4.88. The molecule has 2 heterocycles. The van der Waals surface area contributed by atoms with Gasteiger partial charge in [-0.3, -0.25) is 0 Å². The Labute approximate surface area is 100 Å². The highest BCUT2D eigenvalue weighted by molar-refractivity contribution is 5.75. The lowest BCUT2D eigenvalue weighted by molar-refractivity contribution is 0.0557. The van der Waals surface area contributed by atoms with Crippen LogP contribution < -0.4 is 10.1 Å². The molecule has 4 heteroatoms. The van der Waals surface area contributed by atoms with E-state index in [1.54, 1.807) is 6.33 Å². The van der Waals surface area contributed by atoms with Crippen molar-refractivity contribution < 1.29 is 4.74 Å². The van der Waals surface area contributed by atoms with Gasteiger partial charge in [0.05, 0.1) is 17.4 Å². The van der Waals surface area contributed by atoms with Gasteiger partial charge in [0.25, 0.3) is 0 Å². The number of hydrogen-bond acceptors (Lipinski definition) is 3. The number of ether oxygens (including phenoxy) is 1. The lowest BCUT2D eigenvalue weighted by atomic mass is 9.94. The first kappa shape index (κ1) is 10.6. The predicted octanol–water partition coefficient (Wildman–Crippen LogP) is 2.08. The van der Waals surface area contributed by atoms with Crippen LogP contribution >= 0.6 is 0 Å². The molecule has 0 spiro atoms. The smallest absolute Gasteiger partial charge is 0.122 e. The molecule has 0 saturated carbocycles. The van der Waals surface area contributed by atoms with E-state index in [1.165, 1.54) is 0 Å². The van der Waals surface area contributed by atoms with E-state index in [2.05, 4.69) is 22.2 Å². The molecular weight excluding hydrogens is 214 g/mol. The third kappa shape index (κ3) is 2.13. The first-order chi connectivity index (χ1) is 8.25. The highest BCUT2D eigenvalue weighted by Crippen LogP contribution is 2.27. The summed E-state index contributed by atoms with van der Waals surface area (Å²) in [5.74, 6) is 0.922. The molecule has 17 heavy (non-hydrogen) atoms. The van der Waals surface area contributed by atoms with Crippen LogP contribution in [-0.4, -0.2) is 28.7 Å². The number of H-pyrrole nitrogens is 1. The van der Waals surface area contributed by atoms with E-state index in [-0.39, 0.29) is 5.60 Å². The SMILES string of the molecule is CC1(Oc2ccc3nc[nH]c3c2)CCNCC1. The van der Waals surface area contributed by atoms with Gasteiger partial charge < -0.3 is 15.0 Å². The summed E-state index contributed by atoms with van der Waals surface area (Å²) in [6.07, 6.45) is 3.81. The van der Waals surface area contributed by atoms with E-state index in [4.69, 9.17) is 4.74 Å². The molecule has 1 aromatic heterocycles. The molecule has 2 aromatic rings. The Bertz CT molecular complexity index is 514. The minimum absolute atomic E-state index is 0.0427. The predicted molar refractivity (Wildman–Crippen MR) is 67.2 cm³/mol. The Morgan fingerprint density at radius 1 is 1.29 bits per heavy atom. The average molecular weight is 231 g/mol. The number of aromatic amines is 1. The number of nitrogens with one attached hydrogen (secondary N) is 2. The maximum absolute atomic E-state index is 6.13. The summed E-state index contributed by atoms with van der Waals surface area (Å²) < 4.78 is 6.13. The topological polar surface area (TPSA) is 49.9 Å². The van der Waals surface area contributed by atoms with Crippen LogP contribution in [0.1, 0.15) is 19.8 Å². The van der Waals surface area contributed by atoms with Crippen LogP contribution in [0, 0.1) is 0 Å². The zero-order chi connectivity index (χ0) is 11.7. The minimum Gasteiger partial charge on any atom is -0.487 e. The molecule has 1 saturated heterocycles. The standard InChI is InChI=1S/C13H17N3O/c1-13(4-6-14-7-5-13)17-10-2-3-11-12(8-10)16-9-15-11/h2-3,8-9,14H,4-7H2,1H3,(H,15,16). The molecule has 1 aliphatic rings. The van der Waals surface area contributed by atoms with Crippen LogP contribution in [0.25, 0.3) is 11.0 Å². The number of rotatable bonds is 2. The number of nitrogens with zero attached hydrogens (tertiary/aromatic N) is 1. The lowest BCUT2D eigenvalue weighted by Crippen LogP contribution is -2.43. The van der Waals surface area contributed by atoms with Gasteiger partial charge in [-0.25, -0.2) is 4.98 Å². The molecule has 0 amide bonds. The molecule has 3 rings (SSSR count). The number of hydrogen-bond donors (Lipinski definition) is 2.